The Morgan fingerprint density at radius 2 is 2.20 bits per heavy atom. The molecule has 106 valence electrons. The molecule has 0 spiro atoms. The molecule has 0 saturated carbocycles. The number of halogens is 1. The molecule has 1 aliphatic heterocycles. The van der Waals surface area contributed by atoms with E-state index < -0.39 is 10.0 Å². The van der Waals surface area contributed by atoms with E-state index in [1.165, 1.54) is 17.0 Å². The van der Waals surface area contributed by atoms with Crippen molar-refractivity contribution in [1.82, 2.24) is 0 Å². The van der Waals surface area contributed by atoms with Gasteiger partial charge in [0.25, 0.3) is 0 Å². The summed E-state index contributed by atoms with van der Waals surface area (Å²) < 4.78 is 22.1. The van der Waals surface area contributed by atoms with Crippen LogP contribution in [0.4, 0.5) is 5.69 Å². The molecule has 2 rings (SSSR count). The fraction of sp³-hybridized carbons (Fsp3) is 0.333. The van der Waals surface area contributed by atoms with Gasteiger partial charge in [-0.15, -0.1) is 0 Å². The van der Waals surface area contributed by atoms with Crippen molar-refractivity contribution in [1.29, 1.82) is 5.26 Å². The number of amides is 1. The zero-order valence-electron chi connectivity index (χ0n) is 10.4. The molecule has 8 heteroatoms. The molecule has 1 aromatic rings. The van der Waals surface area contributed by atoms with Gasteiger partial charge in [-0.1, -0.05) is 11.6 Å². The summed E-state index contributed by atoms with van der Waals surface area (Å²) in [6, 6.07) is 6.60. The van der Waals surface area contributed by atoms with Gasteiger partial charge in [-0.2, -0.15) is 5.26 Å². The molecule has 1 aromatic carbocycles. The number of primary sulfonamides is 1. The van der Waals surface area contributed by atoms with E-state index in [2.05, 4.69) is 0 Å². The average Bonchev–Trinajstić information content (AvgIpc) is 2.67. The van der Waals surface area contributed by atoms with Gasteiger partial charge in [0.15, 0.2) is 0 Å². The Morgan fingerprint density at radius 3 is 2.75 bits per heavy atom. The fourth-order valence-corrected chi connectivity index (χ4v) is 3.33. The topological polar surface area (TPSA) is 104 Å². The highest BCUT2D eigenvalue weighted by atomic mass is 35.5. The van der Waals surface area contributed by atoms with E-state index in [-0.39, 0.29) is 35.6 Å². The number of carbonyl (C=O) groups is 1. The Morgan fingerprint density at radius 1 is 1.50 bits per heavy atom. The van der Waals surface area contributed by atoms with Gasteiger partial charge in [0.1, 0.15) is 6.07 Å². The number of hydrogen-bond acceptors (Lipinski definition) is 4. The van der Waals surface area contributed by atoms with Gasteiger partial charge in [-0.25, -0.2) is 13.6 Å². The summed E-state index contributed by atoms with van der Waals surface area (Å²) in [5, 5.41) is 14.0. The molecule has 1 aliphatic rings. The average molecular weight is 314 g/mol. The van der Waals surface area contributed by atoms with Gasteiger partial charge >= 0.3 is 0 Å². The van der Waals surface area contributed by atoms with Crippen LogP contribution in [-0.2, 0) is 14.8 Å². The number of anilines is 1. The van der Waals surface area contributed by atoms with Crippen molar-refractivity contribution in [2.24, 2.45) is 11.1 Å². The molecule has 1 heterocycles. The maximum absolute atomic E-state index is 11.9. The minimum Gasteiger partial charge on any atom is -0.312 e. The smallest absolute Gasteiger partial charge is 0.227 e. The molecule has 1 unspecified atom stereocenters. The van der Waals surface area contributed by atoms with Crippen molar-refractivity contribution < 1.29 is 13.2 Å². The fourth-order valence-electron chi connectivity index (χ4n) is 2.23. The maximum Gasteiger partial charge on any atom is 0.227 e. The van der Waals surface area contributed by atoms with Crippen LogP contribution >= 0.6 is 11.6 Å². The lowest BCUT2D eigenvalue weighted by molar-refractivity contribution is -0.117. The Balaban J connectivity index is 2.20. The lowest BCUT2D eigenvalue weighted by Crippen LogP contribution is -2.27. The molecule has 0 aromatic heterocycles. The van der Waals surface area contributed by atoms with Gasteiger partial charge in [0.2, 0.25) is 15.9 Å². The monoisotopic (exact) mass is 313 g/mol. The second-order valence-corrected chi connectivity index (χ2v) is 6.75. The van der Waals surface area contributed by atoms with E-state index in [4.69, 9.17) is 22.0 Å². The Labute approximate surface area is 121 Å². The van der Waals surface area contributed by atoms with Crippen LogP contribution in [0.15, 0.2) is 18.2 Å². The van der Waals surface area contributed by atoms with Crippen LogP contribution in [0.1, 0.15) is 12.0 Å². The normalized spacial score (nSPS) is 19.1. The van der Waals surface area contributed by atoms with Gasteiger partial charge < -0.3 is 4.90 Å². The van der Waals surface area contributed by atoms with Crippen molar-refractivity contribution in [2.75, 3.05) is 17.2 Å². The summed E-state index contributed by atoms with van der Waals surface area (Å²) in [6.45, 7) is 0.275. The predicted octanol–water partition coefficient (Wildman–Crippen LogP) is 0.853. The van der Waals surface area contributed by atoms with Gasteiger partial charge in [-0.05, 0) is 18.2 Å². The zero-order valence-corrected chi connectivity index (χ0v) is 12.0. The van der Waals surface area contributed by atoms with E-state index in [9.17, 15) is 13.2 Å². The Hall–Kier alpha value is -1.62. The molecule has 0 aliphatic carbocycles. The maximum atomic E-state index is 11.9. The van der Waals surface area contributed by atoms with Crippen LogP contribution in [-0.4, -0.2) is 26.6 Å². The van der Waals surface area contributed by atoms with Crippen molar-refractivity contribution in [3.63, 3.8) is 0 Å². The van der Waals surface area contributed by atoms with E-state index in [0.717, 1.165) is 0 Å². The third kappa shape index (κ3) is 3.28. The molecule has 20 heavy (non-hydrogen) atoms. The first-order valence-corrected chi connectivity index (χ1v) is 7.90. The van der Waals surface area contributed by atoms with Crippen molar-refractivity contribution >= 4 is 33.2 Å². The minimum absolute atomic E-state index is 0.133. The molecule has 0 bridgehead atoms. The highest BCUT2D eigenvalue weighted by Gasteiger charge is 2.32. The summed E-state index contributed by atoms with van der Waals surface area (Å²) in [5.41, 5.74) is 0.874. The third-order valence-electron chi connectivity index (χ3n) is 3.06. The predicted molar refractivity (Wildman–Crippen MR) is 74.6 cm³/mol. The highest BCUT2D eigenvalue weighted by molar-refractivity contribution is 7.89. The summed E-state index contributed by atoms with van der Waals surface area (Å²) >= 11 is 5.92. The van der Waals surface area contributed by atoms with E-state index in [1.54, 1.807) is 6.07 Å². The molecule has 2 N–H and O–H groups in total. The van der Waals surface area contributed by atoms with Crippen LogP contribution in [0.3, 0.4) is 0 Å². The van der Waals surface area contributed by atoms with Crippen LogP contribution in [0.5, 0.6) is 0 Å². The van der Waals surface area contributed by atoms with Gasteiger partial charge in [0, 0.05) is 24.6 Å². The van der Waals surface area contributed by atoms with Crippen molar-refractivity contribution in [3.8, 4) is 6.07 Å². The quantitative estimate of drug-likeness (QED) is 0.893. The standard InChI is InChI=1S/C12H12ClN3O3S/c13-11-4-10(2-1-9(11)5-14)16-6-8(3-12(16)17)7-20(15,18)19/h1-2,4,8H,3,6-7H2,(H2,15,18,19). The SMILES string of the molecule is N#Cc1ccc(N2CC(CS(N)(=O)=O)CC2=O)cc1Cl. The summed E-state index contributed by atoms with van der Waals surface area (Å²) in [7, 11) is -3.60. The first kappa shape index (κ1) is 14.8. The molecule has 1 fully saturated rings. The molecular weight excluding hydrogens is 302 g/mol. The van der Waals surface area contributed by atoms with E-state index >= 15 is 0 Å². The molecule has 0 radical (unpaired) electrons. The van der Waals surface area contributed by atoms with Gasteiger partial charge in [-0.3, -0.25) is 4.79 Å². The van der Waals surface area contributed by atoms with Gasteiger partial charge in [0.05, 0.1) is 16.3 Å². The number of sulfonamides is 1. The number of nitriles is 1. The van der Waals surface area contributed by atoms with Crippen molar-refractivity contribution in [2.45, 2.75) is 6.42 Å². The number of benzene rings is 1. The zero-order chi connectivity index (χ0) is 14.9. The molecule has 1 saturated heterocycles. The highest BCUT2D eigenvalue weighted by Crippen LogP contribution is 2.29. The largest absolute Gasteiger partial charge is 0.312 e. The molecule has 1 atom stereocenters. The Bertz CT molecular complexity index is 696. The lowest BCUT2D eigenvalue weighted by atomic mass is 10.1. The van der Waals surface area contributed by atoms with Crippen molar-refractivity contribution in [3.05, 3.63) is 28.8 Å². The number of carbonyl (C=O) groups excluding carboxylic acids is 1. The number of nitrogens with two attached hydrogens (primary N) is 1. The Kier molecular flexibility index (Phi) is 3.99. The number of nitrogens with zero attached hydrogens (tertiary/aromatic N) is 2. The molecule has 6 nitrogen and oxygen atoms in total. The summed E-state index contributed by atoms with van der Waals surface area (Å²) in [6.07, 6.45) is 0.133. The number of hydrogen-bond donors (Lipinski definition) is 1. The molecule has 1 amide bonds. The summed E-state index contributed by atoms with van der Waals surface area (Å²) in [4.78, 5) is 13.4. The summed E-state index contributed by atoms with van der Waals surface area (Å²) in [5.74, 6) is -0.731. The first-order valence-electron chi connectivity index (χ1n) is 5.80. The first-order chi connectivity index (χ1) is 9.30. The van der Waals surface area contributed by atoms with E-state index in [1.807, 2.05) is 6.07 Å². The number of rotatable bonds is 3. The second kappa shape index (κ2) is 5.40. The molecular formula is C12H12ClN3O3S. The van der Waals surface area contributed by atoms with Crippen LogP contribution in [0, 0.1) is 17.2 Å². The third-order valence-corrected chi connectivity index (χ3v) is 4.31. The second-order valence-electron chi connectivity index (χ2n) is 4.68. The van der Waals surface area contributed by atoms with Crippen LogP contribution < -0.4 is 10.0 Å². The van der Waals surface area contributed by atoms with E-state index in [0.29, 0.717) is 11.3 Å². The van der Waals surface area contributed by atoms with Crippen LogP contribution in [0.25, 0.3) is 0 Å². The van der Waals surface area contributed by atoms with Crippen LogP contribution in [0.2, 0.25) is 5.02 Å². The lowest BCUT2D eigenvalue weighted by Gasteiger charge is -2.17. The minimum atomic E-state index is -3.60.